The number of nitrogens with two attached hydrogens (primary N) is 1. The van der Waals surface area contributed by atoms with Gasteiger partial charge in [-0.1, -0.05) is 5.92 Å². The summed E-state index contributed by atoms with van der Waals surface area (Å²) in [5.74, 6) is -1.10. The third-order valence-electron chi connectivity index (χ3n) is 1.72. The molecule has 0 aliphatic rings. The fourth-order valence-corrected chi connectivity index (χ4v) is 0.819. The van der Waals surface area contributed by atoms with Crippen molar-refractivity contribution in [3.8, 4) is 9.85 Å². The van der Waals surface area contributed by atoms with Crippen LogP contribution in [-0.2, 0) is 19.1 Å². The average Bonchev–Trinajstić information content (AvgIpc) is 2.38. The Kier molecular flexibility index (Phi) is 11.4. The summed E-state index contributed by atoms with van der Waals surface area (Å²) in [6, 6.07) is -1.35. The number of halogens is 4. The van der Waals surface area contributed by atoms with Crippen LogP contribution in [0.25, 0.3) is 0 Å². The summed E-state index contributed by atoms with van der Waals surface area (Å²) in [5, 5.41) is 9.54. The minimum Gasteiger partial charge on any atom is -0.475 e. The molecule has 0 spiro atoms. The second-order valence-corrected chi connectivity index (χ2v) is 4.24. The topological polar surface area (TPSA) is 119 Å². The van der Waals surface area contributed by atoms with Crippen LogP contribution in [0.4, 0.5) is 13.2 Å². The molecule has 0 aromatic heterocycles. The van der Waals surface area contributed by atoms with E-state index in [1.165, 1.54) is 13.8 Å². The lowest BCUT2D eigenvalue weighted by Gasteiger charge is -2.13. The Morgan fingerprint density at radius 1 is 1.36 bits per heavy atom. The summed E-state index contributed by atoms with van der Waals surface area (Å²) >= 11 is 1.84. The van der Waals surface area contributed by atoms with Crippen molar-refractivity contribution in [2.24, 2.45) is 5.73 Å². The molecule has 0 rings (SSSR count). The van der Waals surface area contributed by atoms with Crippen LogP contribution in [0.15, 0.2) is 0 Å². The lowest BCUT2D eigenvalue weighted by atomic mass is 10.3. The van der Waals surface area contributed by atoms with Gasteiger partial charge in [-0.3, -0.25) is 4.79 Å². The summed E-state index contributed by atoms with van der Waals surface area (Å²) in [5.41, 5.74) is 5.32. The molecule has 0 aliphatic heterocycles. The van der Waals surface area contributed by atoms with Crippen LogP contribution in [0.5, 0.6) is 0 Å². The average molecular weight is 438 g/mol. The maximum absolute atomic E-state index is 11.2. The highest BCUT2D eigenvalue weighted by molar-refractivity contribution is 14.1. The fraction of sp³-hybridized carbons (Fsp3) is 0.545. The van der Waals surface area contributed by atoms with Crippen molar-refractivity contribution in [2.75, 3.05) is 6.61 Å². The Balaban J connectivity index is 0. The molecule has 0 radical (unpaired) electrons. The highest BCUT2D eigenvalue weighted by Gasteiger charge is 2.38. The largest absolute Gasteiger partial charge is 0.490 e. The van der Waals surface area contributed by atoms with E-state index >= 15 is 0 Å². The van der Waals surface area contributed by atoms with E-state index in [1.807, 2.05) is 22.6 Å². The molecule has 0 aromatic carbocycles. The highest BCUT2D eigenvalue weighted by atomic mass is 127. The van der Waals surface area contributed by atoms with Gasteiger partial charge in [-0.2, -0.15) is 13.2 Å². The van der Waals surface area contributed by atoms with Crippen molar-refractivity contribution in [1.82, 2.24) is 5.32 Å². The van der Waals surface area contributed by atoms with Gasteiger partial charge in [-0.25, -0.2) is 9.59 Å². The predicted molar refractivity (Wildman–Crippen MR) is 77.7 cm³/mol. The first kappa shape index (κ1) is 22.7. The molecule has 2 atom stereocenters. The Hall–Kier alpha value is -1.55. The summed E-state index contributed by atoms with van der Waals surface area (Å²) in [6.45, 7) is 3.09. The SMILES string of the molecule is C[C@H](N)C(=O)N[C@@H](C)C(=O)OCC#CI.O=C(O)C(F)(F)F. The fourth-order valence-electron chi connectivity index (χ4n) is 0.663. The van der Waals surface area contributed by atoms with E-state index < -0.39 is 30.2 Å². The highest BCUT2D eigenvalue weighted by Crippen LogP contribution is 2.13. The van der Waals surface area contributed by atoms with Gasteiger partial charge in [-0.05, 0) is 17.8 Å². The first-order valence-corrected chi connectivity index (χ1v) is 6.62. The molecular formula is C11H14F3IN2O5. The Bertz CT molecular complexity index is 457. The Morgan fingerprint density at radius 2 is 1.82 bits per heavy atom. The number of hydrogen-bond acceptors (Lipinski definition) is 5. The zero-order valence-electron chi connectivity index (χ0n) is 11.5. The summed E-state index contributed by atoms with van der Waals surface area (Å²) in [6.07, 6.45) is -5.08. The van der Waals surface area contributed by atoms with E-state index in [9.17, 15) is 22.8 Å². The normalized spacial score (nSPS) is 12.5. The molecule has 7 nitrogen and oxygen atoms in total. The number of alkyl halides is 3. The van der Waals surface area contributed by atoms with Gasteiger partial charge in [0, 0.05) is 22.6 Å². The molecule has 0 saturated carbocycles. The van der Waals surface area contributed by atoms with E-state index in [4.69, 9.17) is 20.4 Å². The van der Waals surface area contributed by atoms with Gasteiger partial charge in [0.05, 0.1) is 6.04 Å². The van der Waals surface area contributed by atoms with Gasteiger partial charge in [-0.15, -0.1) is 0 Å². The molecular weight excluding hydrogens is 424 g/mol. The summed E-state index contributed by atoms with van der Waals surface area (Å²) < 4.78 is 39.0. The Morgan fingerprint density at radius 3 is 2.14 bits per heavy atom. The third kappa shape index (κ3) is 12.2. The number of carbonyl (C=O) groups is 3. The quantitative estimate of drug-likeness (QED) is 0.333. The predicted octanol–water partition coefficient (Wildman–Crippen LogP) is 0.411. The van der Waals surface area contributed by atoms with E-state index in [0.29, 0.717) is 0 Å². The molecule has 0 fully saturated rings. The number of ether oxygens (including phenoxy) is 1. The zero-order chi connectivity index (χ0) is 17.9. The molecule has 4 N–H and O–H groups in total. The number of carboxylic acids is 1. The van der Waals surface area contributed by atoms with Gasteiger partial charge >= 0.3 is 18.1 Å². The number of carboxylic acid groups (broad SMARTS) is 1. The third-order valence-corrected chi connectivity index (χ3v) is 2.10. The van der Waals surface area contributed by atoms with Crippen LogP contribution < -0.4 is 11.1 Å². The maximum Gasteiger partial charge on any atom is 0.490 e. The number of rotatable bonds is 4. The van der Waals surface area contributed by atoms with E-state index in [-0.39, 0.29) is 12.5 Å². The van der Waals surface area contributed by atoms with Crippen molar-refractivity contribution in [2.45, 2.75) is 32.1 Å². The van der Waals surface area contributed by atoms with Crippen LogP contribution in [0.1, 0.15) is 13.8 Å². The molecule has 0 aliphatic carbocycles. The minimum atomic E-state index is -5.08. The molecule has 11 heteroatoms. The second-order valence-electron chi connectivity index (χ2n) is 3.70. The number of carbonyl (C=O) groups excluding carboxylic acids is 2. The standard InChI is InChI=1S/C9H13IN2O3.C2HF3O2/c1-6(11)8(13)12-7(2)9(14)15-5-3-4-10;3-2(4,5)1(6)7/h6-7H,5,11H2,1-2H3,(H,12,13);(H,6,7)/t6-,7-;/m0./s1. The number of hydrogen-bond donors (Lipinski definition) is 3. The van der Waals surface area contributed by atoms with E-state index in [2.05, 4.69) is 15.2 Å². The van der Waals surface area contributed by atoms with E-state index in [0.717, 1.165) is 0 Å². The second kappa shape index (κ2) is 11.1. The monoisotopic (exact) mass is 438 g/mol. The molecule has 22 heavy (non-hydrogen) atoms. The number of esters is 1. The van der Waals surface area contributed by atoms with Gasteiger partial charge in [0.15, 0.2) is 6.61 Å². The molecule has 0 unspecified atom stereocenters. The smallest absolute Gasteiger partial charge is 0.475 e. The van der Waals surface area contributed by atoms with Crippen LogP contribution in [0.2, 0.25) is 0 Å². The van der Waals surface area contributed by atoms with Crippen LogP contribution in [-0.4, -0.2) is 47.8 Å². The van der Waals surface area contributed by atoms with Crippen molar-refractivity contribution >= 4 is 40.4 Å². The lowest BCUT2D eigenvalue weighted by molar-refractivity contribution is -0.192. The molecule has 0 bridgehead atoms. The first-order chi connectivity index (χ1) is 9.93. The van der Waals surface area contributed by atoms with Gasteiger partial charge in [0.2, 0.25) is 5.91 Å². The van der Waals surface area contributed by atoms with E-state index in [1.54, 1.807) is 0 Å². The molecule has 0 heterocycles. The van der Waals surface area contributed by atoms with Crippen molar-refractivity contribution in [1.29, 1.82) is 0 Å². The van der Waals surface area contributed by atoms with Gasteiger partial charge in [0.1, 0.15) is 6.04 Å². The molecule has 126 valence electrons. The van der Waals surface area contributed by atoms with Crippen LogP contribution in [0.3, 0.4) is 0 Å². The number of nitrogens with one attached hydrogen (secondary N) is 1. The summed E-state index contributed by atoms with van der Waals surface area (Å²) in [7, 11) is 0. The van der Waals surface area contributed by atoms with Crippen LogP contribution in [0, 0.1) is 9.85 Å². The van der Waals surface area contributed by atoms with Gasteiger partial charge in [0.25, 0.3) is 0 Å². The first-order valence-electron chi connectivity index (χ1n) is 5.54. The van der Waals surface area contributed by atoms with Gasteiger partial charge < -0.3 is 20.9 Å². The lowest BCUT2D eigenvalue weighted by Crippen LogP contribution is -2.46. The molecule has 1 amide bonds. The molecule has 0 saturated heterocycles. The number of amides is 1. The zero-order valence-corrected chi connectivity index (χ0v) is 13.7. The number of aliphatic carboxylic acids is 1. The minimum absolute atomic E-state index is 0.0279. The molecule has 0 aromatic rings. The van der Waals surface area contributed by atoms with Crippen molar-refractivity contribution in [3.05, 3.63) is 0 Å². The van der Waals surface area contributed by atoms with Crippen molar-refractivity contribution < 1.29 is 37.4 Å². The maximum atomic E-state index is 11.2. The summed E-state index contributed by atoms with van der Waals surface area (Å²) in [4.78, 5) is 31.2. The van der Waals surface area contributed by atoms with Crippen molar-refractivity contribution in [3.63, 3.8) is 0 Å². The van der Waals surface area contributed by atoms with Crippen LogP contribution >= 0.6 is 22.6 Å². The Labute approximate surface area is 137 Å².